The van der Waals surface area contributed by atoms with Gasteiger partial charge in [0.05, 0.1) is 6.20 Å². The van der Waals surface area contributed by atoms with Gasteiger partial charge in [-0.3, -0.25) is 9.52 Å². The third-order valence-electron chi connectivity index (χ3n) is 4.45. The lowest BCUT2D eigenvalue weighted by atomic mass is 10.3. The summed E-state index contributed by atoms with van der Waals surface area (Å²) in [6, 6.07) is 12.3. The largest absolute Gasteiger partial charge is 0.340 e. The van der Waals surface area contributed by atoms with Gasteiger partial charge in [0.1, 0.15) is 23.3 Å². The van der Waals surface area contributed by atoms with Crippen molar-refractivity contribution in [1.82, 2.24) is 19.9 Å². The first-order chi connectivity index (χ1) is 16.7. The van der Waals surface area contributed by atoms with Crippen molar-refractivity contribution in [1.29, 1.82) is 0 Å². The summed E-state index contributed by atoms with van der Waals surface area (Å²) in [6.07, 6.45) is 2.92. The number of carbonyl (C=O) groups is 1. The number of hydrogen-bond acceptors (Lipinski definition) is 10. The molecule has 180 valence electrons. The average molecular weight is 511 g/mol. The van der Waals surface area contributed by atoms with Crippen LogP contribution in [0.5, 0.6) is 0 Å². The fraction of sp³-hybridized carbons (Fsp3) is 0.136. The van der Waals surface area contributed by atoms with Crippen LogP contribution in [-0.2, 0) is 14.8 Å². The molecule has 4 aromatic rings. The quantitative estimate of drug-likeness (QED) is 0.273. The number of carbonyl (C=O) groups excluding carboxylic acids is 1. The molecule has 0 radical (unpaired) electrons. The van der Waals surface area contributed by atoms with Gasteiger partial charge in [-0.1, -0.05) is 11.3 Å². The molecule has 1 aromatic carbocycles. The van der Waals surface area contributed by atoms with Crippen LogP contribution < -0.4 is 20.7 Å². The van der Waals surface area contributed by atoms with Gasteiger partial charge < -0.3 is 16.0 Å². The molecule has 0 bridgehead atoms. The third kappa shape index (κ3) is 6.49. The molecule has 0 saturated carbocycles. The second kappa shape index (κ2) is 10.0. The number of thiazole rings is 1. The molecule has 4 rings (SSSR count). The highest BCUT2D eigenvalue weighted by Crippen LogP contribution is 2.26. The van der Waals surface area contributed by atoms with Gasteiger partial charge in [-0.15, -0.1) is 0 Å². The van der Waals surface area contributed by atoms with E-state index < -0.39 is 10.0 Å². The molecule has 0 saturated heterocycles. The fourth-order valence-electron chi connectivity index (χ4n) is 3.00. The second-order valence-electron chi connectivity index (χ2n) is 7.50. The maximum atomic E-state index is 12.6. The summed E-state index contributed by atoms with van der Waals surface area (Å²) >= 11 is 0.866. The molecule has 1 amide bonds. The van der Waals surface area contributed by atoms with Crippen molar-refractivity contribution in [3.8, 4) is 0 Å². The Hall–Kier alpha value is -4.10. The Morgan fingerprint density at radius 1 is 0.886 bits per heavy atom. The van der Waals surface area contributed by atoms with E-state index >= 15 is 0 Å². The van der Waals surface area contributed by atoms with Crippen LogP contribution in [0.3, 0.4) is 0 Å². The van der Waals surface area contributed by atoms with E-state index in [0.717, 1.165) is 16.9 Å². The Morgan fingerprint density at radius 2 is 1.57 bits per heavy atom. The zero-order chi connectivity index (χ0) is 25.0. The van der Waals surface area contributed by atoms with Gasteiger partial charge in [0.15, 0.2) is 9.34 Å². The molecule has 0 unspecified atom stereocenters. The maximum absolute atomic E-state index is 12.6. The van der Waals surface area contributed by atoms with Crippen molar-refractivity contribution >= 4 is 61.2 Å². The number of anilines is 6. The van der Waals surface area contributed by atoms with E-state index in [1.165, 1.54) is 13.1 Å². The van der Waals surface area contributed by atoms with Crippen LogP contribution in [0.15, 0.2) is 59.1 Å². The normalized spacial score (nSPS) is 11.1. The summed E-state index contributed by atoms with van der Waals surface area (Å²) < 4.78 is 27.7. The third-order valence-corrected chi connectivity index (χ3v) is 7.21. The number of aromatic nitrogens is 4. The maximum Gasteiger partial charge on any atom is 0.273 e. The topological polar surface area (TPSA) is 151 Å². The SMILES string of the molecule is CC(=O)Nc1ncc(S(=O)(=O)Nc2ccc(Nc3cc(Nc4cc(C)ccn4)nc(C)n3)cc2)s1. The first kappa shape index (κ1) is 24.0. The highest BCUT2D eigenvalue weighted by molar-refractivity contribution is 7.94. The zero-order valence-corrected chi connectivity index (χ0v) is 20.7. The molecule has 3 heterocycles. The molecule has 0 spiro atoms. The summed E-state index contributed by atoms with van der Waals surface area (Å²) in [6.45, 7) is 5.09. The minimum absolute atomic E-state index is 0.0111. The van der Waals surface area contributed by atoms with Crippen molar-refractivity contribution < 1.29 is 13.2 Å². The van der Waals surface area contributed by atoms with Crippen LogP contribution in [0, 0.1) is 13.8 Å². The molecule has 0 atom stereocenters. The standard InChI is InChI=1S/C22H22N8O3S2/c1-13-8-9-23-18(10-13)29-20-11-19(25-14(2)26-20)28-16-4-6-17(7-5-16)30-35(32,33)21-12-24-22(34-21)27-15(3)31/h4-12,30H,1-3H3,(H,24,27,31)(H2,23,25,26,28,29). The molecule has 0 aliphatic heterocycles. The molecular weight excluding hydrogens is 488 g/mol. The van der Waals surface area contributed by atoms with Crippen LogP contribution >= 0.6 is 11.3 Å². The predicted octanol–water partition coefficient (Wildman–Crippen LogP) is 4.19. The summed E-state index contributed by atoms with van der Waals surface area (Å²) in [5.74, 6) is 2.07. The molecule has 4 N–H and O–H groups in total. The average Bonchev–Trinajstić information content (AvgIpc) is 3.23. The lowest BCUT2D eigenvalue weighted by Crippen LogP contribution is -2.11. The highest BCUT2D eigenvalue weighted by Gasteiger charge is 2.18. The Bertz CT molecular complexity index is 1470. The molecule has 0 fully saturated rings. The lowest BCUT2D eigenvalue weighted by molar-refractivity contribution is -0.114. The molecule has 0 aliphatic rings. The Kier molecular flexibility index (Phi) is 6.89. The second-order valence-corrected chi connectivity index (χ2v) is 10.4. The number of aryl methyl sites for hydroxylation is 2. The lowest BCUT2D eigenvalue weighted by Gasteiger charge is -2.11. The van der Waals surface area contributed by atoms with Crippen molar-refractivity contribution in [2.24, 2.45) is 0 Å². The summed E-state index contributed by atoms with van der Waals surface area (Å²) in [7, 11) is -3.84. The number of benzene rings is 1. The predicted molar refractivity (Wildman–Crippen MR) is 136 cm³/mol. The number of sulfonamides is 1. The van der Waals surface area contributed by atoms with Crippen LogP contribution in [0.2, 0.25) is 0 Å². The van der Waals surface area contributed by atoms with E-state index in [4.69, 9.17) is 0 Å². The summed E-state index contributed by atoms with van der Waals surface area (Å²) in [5, 5.41) is 9.03. The van der Waals surface area contributed by atoms with Gasteiger partial charge in [-0.05, 0) is 55.8 Å². The first-order valence-corrected chi connectivity index (χ1v) is 12.6. The van der Waals surface area contributed by atoms with Crippen LogP contribution in [0.25, 0.3) is 0 Å². The molecule has 13 heteroatoms. The summed E-state index contributed by atoms with van der Waals surface area (Å²) in [5.41, 5.74) is 2.15. The van der Waals surface area contributed by atoms with Gasteiger partial charge in [0.25, 0.3) is 10.0 Å². The van der Waals surface area contributed by atoms with E-state index in [1.807, 2.05) is 19.1 Å². The number of rotatable bonds is 8. The van der Waals surface area contributed by atoms with Crippen LogP contribution in [0.1, 0.15) is 18.3 Å². The molecule has 11 nitrogen and oxygen atoms in total. The molecule has 0 aliphatic carbocycles. The van der Waals surface area contributed by atoms with Crippen molar-refractivity contribution in [2.45, 2.75) is 25.0 Å². The van der Waals surface area contributed by atoms with Crippen molar-refractivity contribution in [3.63, 3.8) is 0 Å². The number of pyridine rings is 1. The van der Waals surface area contributed by atoms with E-state index in [2.05, 4.69) is 40.6 Å². The van der Waals surface area contributed by atoms with Gasteiger partial charge in [-0.2, -0.15) is 0 Å². The van der Waals surface area contributed by atoms with Crippen molar-refractivity contribution in [2.75, 3.05) is 20.7 Å². The van der Waals surface area contributed by atoms with Crippen molar-refractivity contribution in [3.05, 3.63) is 66.2 Å². The smallest absolute Gasteiger partial charge is 0.273 e. The zero-order valence-electron chi connectivity index (χ0n) is 19.0. The van der Waals surface area contributed by atoms with E-state index in [9.17, 15) is 13.2 Å². The number of nitrogens with one attached hydrogen (secondary N) is 4. The highest BCUT2D eigenvalue weighted by atomic mass is 32.2. The first-order valence-electron chi connectivity index (χ1n) is 10.3. The van der Waals surface area contributed by atoms with E-state index in [0.29, 0.717) is 34.7 Å². The monoisotopic (exact) mass is 510 g/mol. The molecule has 35 heavy (non-hydrogen) atoms. The fourth-order valence-corrected chi connectivity index (χ4v) is 5.13. The van der Waals surface area contributed by atoms with Gasteiger partial charge >= 0.3 is 0 Å². The van der Waals surface area contributed by atoms with Gasteiger partial charge in [-0.25, -0.2) is 28.4 Å². The Balaban J connectivity index is 1.44. The molecular formula is C22H22N8O3S2. The number of hydrogen-bond donors (Lipinski definition) is 4. The van der Waals surface area contributed by atoms with Crippen LogP contribution in [-0.4, -0.2) is 34.3 Å². The molecule has 3 aromatic heterocycles. The van der Waals surface area contributed by atoms with E-state index in [-0.39, 0.29) is 15.2 Å². The number of nitrogens with zero attached hydrogens (tertiary/aromatic N) is 4. The van der Waals surface area contributed by atoms with Crippen LogP contribution in [0.4, 0.5) is 34.0 Å². The number of amides is 1. The minimum atomic E-state index is -3.84. The van der Waals surface area contributed by atoms with Gasteiger partial charge in [0.2, 0.25) is 5.91 Å². The van der Waals surface area contributed by atoms with Gasteiger partial charge in [0, 0.05) is 30.6 Å². The summed E-state index contributed by atoms with van der Waals surface area (Å²) in [4.78, 5) is 28.1. The minimum Gasteiger partial charge on any atom is -0.340 e. The van der Waals surface area contributed by atoms with E-state index in [1.54, 1.807) is 43.5 Å². The Labute approximate surface area is 206 Å². The Morgan fingerprint density at radius 3 is 2.26 bits per heavy atom.